The zero-order valence-corrected chi connectivity index (χ0v) is 17.2. The van der Waals surface area contributed by atoms with Crippen molar-refractivity contribution in [2.24, 2.45) is 11.8 Å². The number of rotatable bonds is 5. The standard InChI is InChI=1S/C22H30N4O4/c27-20-10-16-12-26(11-15(16)9-19(20)25-5-7-29-8-6-25)22(28)14-30-13-21-23-17-3-1-2-4-18(17)24-21/h1-4,15-16,19-20,27H,5-14H2,(H,23,24)/t15-,16+,19-,20-/m1/s1. The van der Waals surface area contributed by atoms with Crippen LogP contribution in [-0.2, 0) is 20.9 Å². The van der Waals surface area contributed by atoms with Crippen LogP contribution in [0.4, 0.5) is 0 Å². The Morgan fingerprint density at radius 1 is 1.20 bits per heavy atom. The van der Waals surface area contributed by atoms with Crippen molar-refractivity contribution >= 4 is 16.9 Å². The highest BCUT2D eigenvalue weighted by Gasteiger charge is 2.44. The first-order chi connectivity index (χ1) is 14.7. The number of nitrogens with zero attached hydrogens (tertiary/aromatic N) is 3. The second-order valence-electron chi connectivity index (χ2n) is 8.77. The van der Waals surface area contributed by atoms with Crippen molar-refractivity contribution in [1.82, 2.24) is 19.8 Å². The van der Waals surface area contributed by atoms with Crippen molar-refractivity contribution in [3.8, 4) is 0 Å². The smallest absolute Gasteiger partial charge is 0.248 e. The van der Waals surface area contributed by atoms with Crippen LogP contribution in [0.1, 0.15) is 18.7 Å². The van der Waals surface area contributed by atoms with E-state index in [1.54, 1.807) is 0 Å². The molecule has 2 aliphatic heterocycles. The summed E-state index contributed by atoms with van der Waals surface area (Å²) < 4.78 is 11.1. The number of fused-ring (bicyclic) bond motifs is 2. The molecule has 0 radical (unpaired) electrons. The van der Waals surface area contributed by atoms with Crippen LogP contribution in [-0.4, -0.2) is 88.9 Å². The normalized spacial score (nSPS) is 30.0. The van der Waals surface area contributed by atoms with E-state index < -0.39 is 0 Å². The summed E-state index contributed by atoms with van der Waals surface area (Å²) >= 11 is 0. The molecule has 0 bridgehead atoms. The van der Waals surface area contributed by atoms with E-state index in [2.05, 4.69) is 14.9 Å². The number of aliphatic hydroxyl groups is 1. The fraction of sp³-hybridized carbons (Fsp3) is 0.636. The fourth-order valence-electron chi connectivity index (χ4n) is 5.31. The zero-order valence-electron chi connectivity index (χ0n) is 17.2. The molecule has 3 aliphatic rings. The van der Waals surface area contributed by atoms with Gasteiger partial charge in [-0.3, -0.25) is 9.69 Å². The molecule has 8 nitrogen and oxygen atoms in total. The Morgan fingerprint density at radius 2 is 1.97 bits per heavy atom. The molecular formula is C22H30N4O4. The fourth-order valence-corrected chi connectivity index (χ4v) is 5.31. The summed E-state index contributed by atoms with van der Waals surface area (Å²) in [6.45, 7) is 5.10. The SMILES string of the molecule is O=C(COCc1nc2ccccc2[nH]1)N1C[C@H]2C[C@@H](N3CCOCC3)[C@H](O)C[C@H]2C1. The lowest BCUT2D eigenvalue weighted by molar-refractivity contribution is -0.135. The highest BCUT2D eigenvalue weighted by Crippen LogP contribution is 2.38. The van der Waals surface area contributed by atoms with Crippen LogP contribution >= 0.6 is 0 Å². The van der Waals surface area contributed by atoms with Gasteiger partial charge >= 0.3 is 0 Å². The van der Waals surface area contributed by atoms with Gasteiger partial charge in [0.1, 0.15) is 19.0 Å². The van der Waals surface area contributed by atoms with Gasteiger partial charge in [0.25, 0.3) is 0 Å². The van der Waals surface area contributed by atoms with Crippen LogP contribution in [0.25, 0.3) is 11.0 Å². The van der Waals surface area contributed by atoms with Crippen LogP contribution in [0, 0.1) is 11.8 Å². The molecule has 4 atom stereocenters. The second-order valence-corrected chi connectivity index (χ2v) is 8.77. The minimum absolute atomic E-state index is 0.0259. The number of morpholine rings is 1. The van der Waals surface area contributed by atoms with Gasteiger partial charge in [-0.25, -0.2) is 4.98 Å². The van der Waals surface area contributed by atoms with Crippen LogP contribution < -0.4 is 0 Å². The van der Waals surface area contributed by atoms with Crippen molar-refractivity contribution in [2.45, 2.75) is 31.6 Å². The van der Waals surface area contributed by atoms with E-state index in [9.17, 15) is 9.90 Å². The summed E-state index contributed by atoms with van der Waals surface area (Å²) in [6.07, 6.45) is 1.41. The molecule has 1 saturated carbocycles. The van der Waals surface area contributed by atoms with Gasteiger partial charge in [0.15, 0.2) is 0 Å². The Labute approximate surface area is 176 Å². The number of benzene rings is 1. The van der Waals surface area contributed by atoms with Crippen molar-refractivity contribution in [3.05, 3.63) is 30.1 Å². The first-order valence-corrected chi connectivity index (χ1v) is 11.0. The lowest BCUT2D eigenvalue weighted by Crippen LogP contribution is -2.53. The van der Waals surface area contributed by atoms with Crippen molar-refractivity contribution < 1.29 is 19.4 Å². The summed E-state index contributed by atoms with van der Waals surface area (Å²) in [5.41, 5.74) is 1.87. The molecule has 8 heteroatoms. The third kappa shape index (κ3) is 4.09. The van der Waals surface area contributed by atoms with Crippen LogP contribution in [0.15, 0.2) is 24.3 Å². The topological polar surface area (TPSA) is 90.9 Å². The minimum atomic E-state index is -0.316. The highest BCUT2D eigenvalue weighted by molar-refractivity contribution is 5.78. The predicted octanol–water partition coefficient (Wildman–Crippen LogP) is 1.01. The number of aliphatic hydroxyl groups excluding tert-OH is 1. The van der Waals surface area contributed by atoms with Gasteiger partial charge in [0.2, 0.25) is 5.91 Å². The molecule has 162 valence electrons. The number of aromatic nitrogens is 2. The Morgan fingerprint density at radius 3 is 2.77 bits per heavy atom. The molecule has 0 spiro atoms. The first kappa shape index (κ1) is 19.9. The van der Waals surface area contributed by atoms with Crippen LogP contribution in [0.2, 0.25) is 0 Å². The number of H-pyrrole nitrogens is 1. The maximum absolute atomic E-state index is 12.7. The number of aromatic amines is 1. The number of hydrogen-bond donors (Lipinski definition) is 2. The molecule has 2 aromatic rings. The average molecular weight is 415 g/mol. The summed E-state index contributed by atoms with van der Waals surface area (Å²) in [5, 5.41) is 10.7. The third-order valence-electron chi connectivity index (χ3n) is 6.88. The first-order valence-electron chi connectivity index (χ1n) is 11.0. The molecule has 1 aromatic heterocycles. The predicted molar refractivity (Wildman–Crippen MR) is 111 cm³/mol. The number of para-hydroxylation sites is 2. The van der Waals surface area contributed by atoms with Gasteiger partial charge in [-0.2, -0.15) is 0 Å². The molecule has 30 heavy (non-hydrogen) atoms. The van der Waals surface area contributed by atoms with Gasteiger partial charge in [0.05, 0.1) is 30.4 Å². The molecule has 3 fully saturated rings. The Hall–Kier alpha value is -2.00. The van der Waals surface area contributed by atoms with Crippen molar-refractivity contribution in [1.29, 1.82) is 0 Å². The number of hydrogen-bond acceptors (Lipinski definition) is 6. The van der Waals surface area contributed by atoms with Gasteiger partial charge in [-0.15, -0.1) is 0 Å². The maximum Gasteiger partial charge on any atom is 0.248 e. The van der Waals surface area contributed by atoms with Gasteiger partial charge < -0.3 is 24.5 Å². The summed E-state index contributed by atoms with van der Waals surface area (Å²) in [6, 6.07) is 8.02. The monoisotopic (exact) mass is 414 g/mol. The molecule has 5 rings (SSSR count). The molecule has 1 aliphatic carbocycles. The Kier molecular flexibility index (Phi) is 5.73. The summed E-state index contributed by atoms with van der Waals surface area (Å²) in [7, 11) is 0. The summed E-state index contributed by atoms with van der Waals surface area (Å²) in [5.74, 6) is 1.60. The molecule has 1 amide bonds. The minimum Gasteiger partial charge on any atom is -0.391 e. The van der Waals surface area contributed by atoms with Gasteiger partial charge in [0, 0.05) is 32.2 Å². The van der Waals surface area contributed by atoms with Crippen LogP contribution in [0.3, 0.4) is 0 Å². The largest absolute Gasteiger partial charge is 0.391 e. The average Bonchev–Trinajstić information content (AvgIpc) is 3.37. The molecular weight excluding hydrogens is 384 g/mol. The van der Waals surface area contributed by atoms with E-state index in [1.807, 2.05) is 29.2 Å². The van der Waals surface area contributed by atoms with E-state index in [-0.39, 0.29) is 24.7 Å². The van der Waals surface area contributed by atoms with E-state index in [1.165, 1.54) is 0 Å². The van der Waals surface area contributed by atoms with Crippen molar-refractivity contribution in [2.75, 3.05) is 46.0 Å². The number of carbonyl (C=O) groups is 1. The molecule has 2 N–H and O–H groups in total. The number of ether oxygens (including phenoxy) is 2. The van der Waals surface area contributed by atoms with Gasteiger partial charge in [-0.1, -0.05) is 12.1 Å². The number of likely N-dealkylation sites (tertiary alicyclic amines) is 1. The lowest BCUT2D eigenvalue weighted by Gasteiger charge is -2.43. The number of carbonyl (C=O) groups excluding carboxylic acids is 1. The third-order valence-corrected chi connectivity index (χ3v) is 6.88. The molecule has 1 aromatic carbocycles. The van der Waals surface area contributed by atoms with Crippen molar-refractivity contribution in [3.63, 3.8) is 0 Å². The van der Waals surface area contributed by atoms with E-state index in [0.29, 0.717) is 18.4 Å². The second kappa shape index (κ2) is 8.63. The van der Waals surface area contributed by atoms with Crippen LogP contribution in [0.5, 0.6) is 0 Å². The number of amides is 1. The molecule has 2 saturated heterocycles. The maximum atomic E-state index is 12.7. The van der Waals surface area contributed by atoms with E-state index in [4.69, 9.17) is 9.47 Å². The Bertz CT molecular complexity index is 848. The van der Waals surface area contributed by atoms with E-state index in [0.717, 1.165) is 69.1 Å². The van der Waals surface area contributed by atoms with E-state index >= 15 is 0 Å². The highest BCUT2D eigenvalue weighted by atomic mass is 16.5. The molecule has 3 heterocycles. The number of imidazole rings is 1. The quantitative estimate of drug-likeness (QED) is 0.759. The zero-order chi connectivity index (χ0) is 20.5. The summed E-state index contributed by atoms with van der Waals surface area (Å²) in [4.78, 5) is 24.7. The molecule has 0 unspecified atom stereocenters. The Balaban J connectivity index is 1.12. The van der Waals surface area contributed by atoms with Gasteiger partial charge in [-0.05, 0) is 36.8 Å². The lowest BCUT2D eigenvalue weighted by atomic mass is 9.77. The number of nitrogens with one attached hydrogen (secondary N) is 1.